The second kappa shape index (κ2) is 16.7. The molecule has 0 aliphatic rings. The Balaban J connectivity index is 1.38. The number of fused-ring (bicyclic) bond motifs is 1. The van der Waals surface area contributed by atoms with Crippen LogP contribution in [0.1, 0.15) is 95.6 Å². The molecule has 7 aromatic carbocycles. The van der Waals surface area contributed by atoms with E-state index in [-0.39, 0.29) is 51.7 Å². The molecule has 9 rings (SSSR count). The molecule has 4 heteroatoms. The number of imidazole rings is 1. The summed E-state index contributed by atoms with van der Waals surface area (Å²) < 4.78 is 37.1. The highest BCUT2D eigenvalue weighted by atomic mass is 16.3. The molecule has 0 aliphatic carbocycles. The maximum Gasteiger partial charge on any atom is 0.149 e. The highest BCUT2D eigenvalue weighted by Gasteiger charge is 2.30. The maximum absolute atomic E-state index is 12.7. The van der Waals surface area contributed by atoms with Crippen LogP contribution in [-0.2, 0) is 16.2 Å². The first-order valence-corrected chi connectivity index (χ1v) is 22.9. The van der Waals surface area contributed by atoms with Gasteiger partial charge in [-0.3, -0.25) is 9.55 Å². The summed E-state index contributed by atoms with van der Waals surface area (Å²) in [6.07, 6.45) is 1.67. The molecular weight excluding hydrogens is 803 g/mol. The van der Waals surface area contributed by atoms with Gasteiger partial charge >= 0.3 is 0 Å². The van der Waals surface area contributed by atoms with E-state index < -0.39 is 0 Å². The Morgan fingerprint density at radius 2 is 1.12 bits per heavy atom. The molecule has 2 aromatic heterocycles. The second-order valence-electron chi connectivity index (χ2n) is 20.8. The standard InChI is InChI=1S/C62H61N3O/c1-39-25-27-41(28-26-39)44-29-30-63-54(35-44)46-32-45(33-47(34-46)60(3,4)5)49-23-18-24-55-57(49)64-59(52-36-48(61(6,7)8)37-53(58(52)66)62(9,10)11)65(55)56-38-50(42-19-14-12-15-20-42)40(2)31-51(56)43-21-16-13-17-22-43/h12-38,66H,1-11H3/i25D,26D,27D,28D. The molecule has 0 spiro atoms. The van der Waals surface area contributed by atoms with Gasteiger partial charge in [-0.1, -0.05) is 177 Å². The first-order valence-electron chi connectivity index (χ1n) is 24.9. The molecule has 0 fully saturated rings. The van der Waals surface area contributed by atoms with Crippen LogP contribution in [0.25, 0.3) is 83.9 Å². The summed E-state index contributed by atoms with van der Waals surface area (Å²) in [6, 6.07) is 46.0. The van der Waals surface area contributed by atoms with Crippen LogP contribution >= 0.6 is 0 Å². The summed E-state index contributed by atoms with van der Waals surface area (Å²) in [5.74, 6) is 0.824. The van der Waals surface area contributed by atoms with Gasteiger partial charge in [0.1, 0.15) is 11.6 Å². The Bertz CT molecular complexity index is 3470. The monoisotopic (exact) mass is 868 g/mol. The molecule has 0 atom stereocenters. The molecule has 0 bridgehead atoms. The van der Waals surface area contributed by atoms with Crippen molar-refractivity contribution in [1.29, 1.82) is 0 Å². The van der Waals surface area contributed by atoms with Gasteiger partial charge < -0.3 is 5.11 Å². The molecule has 0 saturated carbocycles. The van der Waals surface area contributed by atoms with Crippen LogP contribution in [-0.4, -0.2) is 19.6 Å². The molecule has 1 N–H and O–H groups in total. The lowest BCUT2D eigenvalue weighted by Crippen LogP contribution is -2.17. The average molecular weight is 868 g/mol. The van der Waals surface area contributed by atoms with E-state index in [0.29, 0.717) is 28.2 Å². The van der Waals surface area contributed by atoms with Crippen LogP contribution in [0.5, 0.6) is 5.75 Å². The van der Waals surface area contributed by atoms with Gasteiger partial charge in [-0.2, -0.15) is 0 Å². The molecule has 0 aliphatic heterocycles. The fourth-order valence-electron chi connectivity index (χ4n) is 8.85. The van der Waals surface area contributed by atoms with Crippen molar-refractivity contribution in [2.45, 2.75) is 92.4 Å². The number of aryl methyl sites for hydroxylation is 1. The van der Waals surface area contributed by atoms with E-state index in [1.54, 1.807) is 19.2 Å². The number of pyridine rings is 1. The Kier molecular flexibility index (Phi) is 9.98. The van der Waals surface area contributed by atoms with E-state index in [1.165, 1.54) is 0 Å². The predicted molar refractivity (Wildman–Crippen MR) is 279 cm³/mol. The van der Waals surface area contributed by atoms with E-state index in [2.05, 4.69) is 183 Å². The highest BCUT2D eigenvalue weighted by Crippen LogP contribution is 2.47. The number of para-hydroxylation sites is 1. The van der Waals surface area contributed by atoms with Crippen molar-refractivity contribution in [1.82, 2.24) is 14.5 Å². The minimum absolute atomic E-state index is 0.0517. The number of rotatable bonds is 7. The summed E-state index contributed by atoms with van der Waals surface area (Å²) >= 11 is 0. The predicted octanol–water partition coefficient (Wildman–Crippen LogP) is 16.6. The number of aromatic hydroxyl groups is 1. The molecule has 4 nitrogen and oxygen atoms in total. The lowest BCUT2D eigenvalue weighted by Gasteiger charge is -2.28. The zero-order chi connectivity index (χ0) is 50.2. The quantitative estimate of drug-likeness (QED) is 0.174. The summed E-state index contributed by atoms with van der Waals surface area (Å²) in [5, 5.41) is 12.7. The summed E-state index contributed by atoms with van der Waals surface area (Å²) in [7, 11) is 0. The second-order valence-corrected chi connectivity index (χ2v) is 20.8. The third-order valence-electron chi connectivity index (χ3n) is 12.7. The van der Waals surface area contributed by atoms with Crippen LogP contribution in [0, 0.1) is 13.8 Å². The van der Waals surface area contributed by atoms with Gasteiger partial charge in [0, 0.05) is 28.5 Å². The van der Waals surface area contributed by atoms with Crippen LogP contribution in [0.4, 0.5) is 0 Å². The van der Waals surface area contributed by atoms with E-state index in [0.717, 1.165) is 77.9 Å². The minimum atomic E-state index is -0.381. The third-order valence-corrected chi connectivity index (χ3v) is 12.7. The van der Waals surface area contributed by atoms with Crippen molar-refractivity contribution in [2.75, 3.05) is 0 Å². The number of nitrogens with zero attached hydrogens (tertiary/aromatic N) is 3. The van der Waals surface area contributed by atoms with Crippen molar-refractivity contribution in [3.05, 3.63) is 192 Å². The number of aromatic nitrogens is 3. The molecular formula is C62H61N3O. The molecule has 0 radical (unpaired) electrons. The van der Waals surface area contributed by atoms with Gasteiger partial charge in [0.15, 0.2) is 0 Å². The van der Waals surface area contributed by atoms with E-state index in [1.807, 2.05) is 18.2 Å². The molecule has 2 heterocycles. The Labute approximate surface area is 397 Å². The van der Waals surface area contributed by atoms with Crippen LogP contribution in [0.2, 0.25) is 0 Å². The topological polar surface area (TPSA) is 50.9 Å². The van der Waals surface area contributed by atoms with Gasteiger partial charge in [0.25, 0.3) is 0 Å². The van der Waals surface area contributed by atoms with Gasteiger partial charge in [-0.25, -0.2) is 4.98 Å². The average Bonchev–Trinajstić information content (AvgIpc) is 3.71. The maximum atomic E-state index is 12.7. The lowest BCUT2D eigenvalue weighted by molar-refractivity contribution is 0.446. The first-order chi connectivity index (χ1) is 33.0. The van der Waals surface area contributed by atoms with Crippen LogP contribution < -0.4 is 0 Å². The highest BCUT2D eigenvalue weighted by molar-refractivity contribution is 5.98. The lowest BCUT2D eigenvalue weighted by atomic mass is 9.79. The van der Waals surface area contributed by atoms with Crippen molar-refractivity contribution in [2.24, 2.45) is 0 Å². The van der Waals surface area contributed by atoms with Crippen molar-refractivity contribution >= 4 is 11.0 Å². The fraction of sp³-hybridized carbons (Fsp3) is 0.226. The number of phenols is 1. The third kappa shape index (κ3) is 8.49. The fourth-order valence-corrected chi connectivity index (χ4v) is 8.85. The number of hydrogen-bond donors (Lipinski definition) is 1. The van der Waals surface area contributed by atoms with Crippen LogP contribution in [0.3, 0.4) is 0 Å². The van der Waals surface area contributed by atoms with Crippen molar-refractivity contribution in [3.8, 4) is 78.6 Å². The van der Waals surface area contributed by atoms with E-state index in [4.69, 9.17) is 15.5 Å². The van der Waals surface area contributed by atoms with Crippen molar-refractivity contribution < 1.29 is 10.6 Å². The molecule has 0 unspecified atom stereocenters. The Hall–Kier alpha value is -7.04. The summed E-state index contributed by atoms with van der Waals surface area (Å²) in [5.41, 5.74) is 15.2. The molecule has 0 amide bonds. The number of phenolic OH excluding ortho intramolecular Hbond substituents is 1. The summed E-state index contributed by atoms with van der Waals surface area (Å²) in [6.45, 7) is 23.4. The van der Waals surface area contributed by atoms with Gasteiger partial charge in [-0.05, 0) is 129 Å². The van der Waals surface area contributed by atoms with Crippen LogP contribution in [0.15, 0.2) is 164 Å². The smallest absolute Gasteiger partial charge is 0.149 e. The van der Waals surface area contributed by atoms with Gasteiger partial charge in [-0.15, -0.1) is 0 Å². The molecule has 330 valence electrons. The van der Waals surface area contributed by atoms with Gasteiger partial charge in [0.05, 0.1) is 33.5 Å². The molecule has 9 aromatic rings. The zero-order valence-corrected chi connectivity index (χ0v) is 40.1. The summed E-state index contributed by atoms with van der Waals surface area (Å²) in [4.78, 5) is 10.6. The Morgan fingerprint density at radius 3 is 1.76 bits per heavy atom. The SMILES string of the molecule is [2H]c1c([2H])c(-c2ccnc(-c3cc(-c4cccc5c4nc(-c4cc(C(C)(C)C)cc(C(C)(C)C)c4O)n5-c4cc(-c5ccccc5)c(C)cc4-c4ccccc4)cc(C(C)(C)C)c3)c2)c([2H])c([2H])c1C. The van der Waals surface area contributed by atoms with Gasteiger partial charge in [0.2, 0.25) is 0 Å². The Morgan fingerprint density at radius 1 is 0.500 bits per heavy atom. The molecule has 0 saturated heterocycles. The largest absolute Gasteiger partial charge is 0.507 e. The van der Waals surface area contributed by atoms with E-state index in [9.17, 15) is 5.11 Å². The number of hydrogen-bond acceptors (Lipinski definition) is 3. The molecule has 66 heavy (non-hydrogen) atoms. The zero-order valence-electron chi connectivity index (χ0n) is 44.1. The number of benzene rings is 7. The normalized spacial score (nSPS) is 13.1. The van der Waals surface area contributed by atoms with Crippen molar-refractivity contribution in [3.63, 3.8) is 0 Å². The van der Waals surface area contributed by atoms with E-state index >= 15 is 0 Å². The first kappa shape index (κ1) is 39.3. The minimum Gasteiger partial charge on any atom is -0.507 e.